The highest BCUT2D eigenvalue weighted by Gasteiger charge is 2.34. The molecule has 0 spiro atoms. The summed E-state index contributed by atoms with van der Waals surface area (Å²) in [5.41, 5.74) is 2.30. The molecule has 1 unspecified atom stereocenters. The van der Waals surface area contributed by atoms with Crippen LogP contribution >= 0.6 is 11.6 Å². The lowest BCUT2D eigenvalue weighted by Gasteiger charge is -2.31. The van der Waals surface area contributed by atoms with Gasteiger partial charge in [0.1, 0.15) is 11.4 Å². The minimum absolute atomic E-state index is 0.641. The van der Waals surface area contributed by atoms with E-state index in [1.165, 1.54) is 31.5 Å². The summed E-state index contributed by atoms with van der Waals surface area (Å²) in [7, 11) is 1.63. The van der Waals surface area contributed by atoms with Gasteiger partial charge in [0.15, 0.2) is 0 Å². The summed E-state index contributed by atoms with van der Waals surface area (Å²) in [6, 6.07) is 23.2. The highest BCUT2D eigenvalue weighted by atomic mass is 35.5. The molecule has 0 amide bonds. The average Bonchev–Trinajstić information content (AvgIpc) is 3.27. The van der Waals surface area contributed by atoms with Gasteiger partial charge in [0, 0.05) is 11.6 Å². The molecule has 1 atom stereocenters. The Kier molecular flexibility index (Phi) is 5.91. The first-order chi connectivity index (χ1) is 14.1. The molecule has 1 N–H and O–H groups in total. The lowest BCUT2D eigenvalue weighted by atomic mass is 9.80. The number of benzene rings is 3. The number of rotatable bonds is 6. The first-order valence-electron chi connectivity index (χ1n) is 10.0. The average molecular weight is 408 g/mol. The van der Waals surface area contributed by atoms with Crippen LogP contribution in [0, 0.1) is 0 Å². The van der Waals surface area contributed by atoms with Crippen LogP contribution in [0.2, 0.25) is 5.02 Å². The van der Waals surface area contributed by atoms with E-state index in [1.54, 1.807) is 7.11 Å². The van der Waals surface area contributed by atoms with Crippen molar-refractivity contribution in [3.8, 4) is 5.75 Å². The van der Waals surface area contributed by atoms with Crippen LogP contribution in [0.4, 0.5) is 0 Å². The van der Waals surface area contributed by atoms with Gasteiger partial charge in [-0.2, -0.15) is 0 Å². The molecule has 0 radical (unpaired) electrons. The van der Waals surface area contributed by atoms with Crippen molar-refractivity contribution in [2.75, 3.05) is 20.2 Å². The van der Waals surface area contributed by atoms with E-state index in [9.17, 15) is 5.11 Å². The monoisotopic (exact) mass is 407 g/mol. The SMILES string of the molecule is COc1cccc(C(O)(c2ccc(Cl)cc2)c2ccc(CN3CCCC3)cc2)c1. The topological polar surface area (TPSA) is 32.7 Å². The first-order valence-corrected chi connectivity index (χ1v) is 10.4. The van der Waals surface area contributed by atoms with Crippen molar-refractivity contribution >= 4 is 11.6 Å². The molecule has 1 aliphatic heterocycles. The summed E-state index contributed by atoms with van der Waals surface area (Å²) in [6.07, 6.45) is 2.56. The van der Waals surface area contributed by atoms with Gasteiger partial charge in [-0.15, -0.1) is 0 Å². The zero-order valence-corrected chi connectivity index (χ0v) is 17.4. The number of halogens is 1. The summed E-state index contributed by atoms with van der Waals surface area (Å²) in [5, 5.41) is 12.6. The maximum absolute atomic E-state index is 12.0. The molecule has 0 aromatic heterocycles. The van der Waals surface area contributed by atoms with Crippen LogP contribution in [0.5, 0.6) is 5.75 Å². The van der Waals surface area contributed by atoms with Crippen molar-refractivity contribution in [3.63, 3.8) is 0 Å². The summed E-state index contributed by atoms with van der Waals surface area (Å²) >= 11 is 6.10. The summed E-state index contributed by atoms with van der Waals surface area (Å²) in [4.78, 5) is 2.47. The van der Waals surface area contributed by atoms with E-state index in [-0.39, 0.29) is 0 Å². The Morgan fingerprint density at radius 2 is 1.52 bits per heavy atom. The predicted octanol–water partition coefficient (Wildman–Crippen LogP) is 5.23. The second kappa shape index (κ2) is 8.58. The molecule has 0 aliphatic carbocycles. The summed E-state index contributed by atoms with van der Waals surface area (Å²) in [6.45, 7) is 3.29. The third-order valence-corrected chi connectivity index (χ3v) is 5.98. The van der Waals surface area contributed by atoms with Crippen LogP contribution in [0.25, 0.3) is 0 Å². The Morgan fingerprint density at radius 1 is 0.897 bits per heavy atom. The summed E-state index contributed by atoms with van der Waals surface area (Å²) in [5.74, 6) is 0.709. The van der Waals surface area contributed by atoms with Gasteiger partial charge in [-0.25, -0.2) is 0 Å². The Balaban J connectivity index is 1.74. The maximum Gasteiger partial charge on any atom is 0.140 e. The highest BCUT2D eigenvalue weighted by molar-refractivity contribution is 6.30. The van der Waals surface area contributed by atoms with E-state index in [2.05, 4.69) is 17.0 Å². The van der Waals surface area contributed by atoms with Crippen LogP contribution < -0.4 is 4.74 Å². The van der Waals surface area contributed by atoms with Crippen molar-refractivity contribution in [2.45, 2.75) is 25.0 Å². The largest absolute Gasteiger partial charge is 0.497 e. The number of methoxy groups -OCH3 is 1. The molecule has 1 fully saturated rings. The molecule has 150 valence electrons. The lowest BCUT2D eigenvalue weighted by molar-refractivity contribution is 0.125. The number of nitrogens with zero attached hydrogens (tertiary/aromatic N) is 1. The minimum atomic E-state index is -1.30. The molecule has 4 heteroatoms. The number of hydrogen-bond acceptors (Lipinski definition) is 3. The zero-order valence-electron chi connectivity index (χ0n) is 16.6. The zero-order chi connectivity index (χ0) is 20.3. The van der Waals surface area contributed by atoms with Crippen molar-refractivity contribution in [2.24, 2.45) is 0 Å². The predicted molar refractivity (Wildman–Crippen MR) is 117 cm³/mol. The third kappa shape index (κ3) is 4.18. The normalized spacial score (nSPS) is 16.5. The molecule has 1 aliphatic rings. The van der Waals surface area contributed by atoms with Gasteiger partial charge in [-0.3, -0.25) is 4.90 Å². The number of ether oxygens (including phenoxy) is 1. The molecular formula is C25H26ClNO2. The number of likely N-dealkylation sites (tertiary alicyclic amines) is 1. The van der Waals surface area contributed by atoms with Crippen molar-refractivity contribution < 1.29 is 9.84 Å². The molecule has 1 saturated heterocycles. The van der Waals surface area contributed by atoms with E-state index >= 15 is 0 Å². The van der Waals surface area contributed by atoms with Crippen molar-refractivity contribution in [3.05, 3.63) is 100 Å². The van der Waals surface area contributed by atoms with Crippen molar-refractivity contribution in [1.29, 1.82) is 0 Å². The van der Waals surface area contributed by atoms with Crippen molar-refractivity contribution in [1.82, 2.24) is 4.90 Å². The standard InChI is InChI=1S/C25H26ClNO2/c1-29-24-6-4-5-22(17-24)25(28,21-11-13-23(26)14-12-21)20-9-7-19(8-10-20)18-27-15-2-3-16-27/h4-14,17,28H,2-3,15-16,18H2,1H3. The number of aliphatic hydroxyl groups is 1. The fourth-order valence-corrected chi connectivity index (χ4v) is 4.22. The second-order valence-corrected chi connectivity index (χ2v) is 8.07. The van der Waals surface area contributed by atoms with Crippen LogP contribution in [0.3, 0.4) is 0 Å². The van der Waals surface area contributed by atoms with E-state index in [0.717, 1.165) is 23.2 Å². The van der Waals surface area contributed by atoms with Gasteiger partial charge in [0.25, 0.3) is 0 Å². The molecule has 0 saturated carbocycles. The number of hydrogen-bond donors (Lipinski definition) is 1. The molecular weight excluding hydrogens is 382 g/mol. The first kappa shape index (κ1) is 20.0. The van der Waals surface area contributed by atoms with Gasteiger partial charge in [-0.1, -0.05) is 60.1 Å². The van der Waals surface area contributed by atoms with E-state index < -0.39 is 5.60 Å². The second-order valence-electron chi connectivity index (χ2n) is 7.63. The maximum atomic E-state index is 12.0. The Labute approximate surface area is 177 Å². The van der Waals surface area contributed by atoms with Gasteiger partial charge in [0.2, 0.25) is 0 Å². The lowest BCUT2D eigenvalue weighted by Crippen LogP contribution is -2.29. The smallest absolute Gasteiger partial charge is 0.140 e. The van der Waals surface area contributed by atoms with Gasteiger partial charge < -0.3 is 9.84 Å². The van der Waals surface area contributed by atoms with Gasteiger partial charge in [-0.05, 0) is 72.5 Å². The summed E-state index contributed by atoms with van der Waals surface area (Å²) < 4.78 is 5.40. The minimum Gasteiger partial charge on any atom is -0.497 e. The fraction of sp³-hybridized carbons (Fsp3) is 0.280. The quantitative estimate of drug-likeness (QED) is 0.568. The van der Waals surface area contributed by atoms with E-state index in [1.807, 2.05) is 60.7 Å². The van der Waals surface area contributed by atoms with Crippen LogP contribution in [-0.4, -0.2) is 30.2 Å². The molecule has 3 nitrogen and oxygen atoms in total. The molecule has 1 heterocycles. The highest BCUT2D eigenvalue weighted by Crippen LogP contribution is 2.38. The Bertz CT molecular complexity index is 949. The Hall–Kier alpha value is -2.33. The van der Waals surface area contributed by atoms with Gasteiger partial charge in [0.05, 0.1) is 7.11 Å². The van der Waals surface area contributed by atoms with E-state index in [0.29, 0.717) is 10.8 Å². The van der Waals surface area contributed by atoms with Gasteiger partial charge >= 0.3 is 0 Å². The van der Waals surface area contributed by atoms with Crippen LogP contribution in [-0.2, 0) is 12.1 Å². The molecule has 3 aromatic carbocycles. The molecule has 0 bridgehead atoms. The molecule has 29 heavy (non-hydrogen) atoms. The van der Waals surface area contributed by atoms with Crippen LogP contribution in [0.1, 0.15) is 35.1 Å². The third-order valence-electron chi connectivity index (χ3n) is 5.73. The van der Waals surface area contributed by atoms with Crippen LogP contribution in [0.15, 0.2) is 72.8 Å². The molecule has 4 rings (SSSR count). The fourth-order valence-electron chi connectivity index (χ4n) is 4.09. The Morgan fingerprint density at radius 3 is 2.14 bits per heavy atom. The molecule has 3 aromatic rings. The van der Waals surface area contributed by atoms with E-state index in [4.69, 9.17) is 16.3 Å².